The zero-order chi connectivity index (χ0) is 10.7. The van der Waals surface area contributed by atoms with Crippen LogP contribution in [0.3, 0.4) is 0 Å². The third-order valence-corrected chi connectivity index (χ3v) is 2.67. The van der Waals surface area contributed by atoms with Crippen LogP contribution in [0.4, 0.5) is 0 Å². The maximum absolute atomic E-state index is 11.3. The average molecular weight is 202 g/mol. The molecule has 0 spiro atoms. The van der Waals surface area contributed by atoms with Crippen LogP contribution in [0, 0.1) is 0 Å². The molecule has 2 rings (SSSR count). The van der Waals surface area contributed by atoms with Gasteiger partial charge < -0.3 is 4.74 Å². The zero-order valence-corrected chi connectivity index (χ0v) is 8.82. The minimum atomic E-state index is 0.243. The fourth-order valence-corrected chi connectivity index (χ4v) is 1.82. The van der Waals surface area contributed by atoms with Crippen molar-refractivity contribution in [3.63, 3.8) is 0 Å². The molecule has 0 saturated heterocycles. The predicted octanol–water partition coefficient (Wildman–Crippen LogP) is 2.83. The standard InChI is InChI=1S/C13H14O2/c1-15-13-7-5-10(6-8-13)11-3-2-4-12(14)9-11/h5-9H,2-4H2,1H3. The van der Waals surface area contributed by atoms with Crippen molar-refractivity contribution < 1.29 is 9.53 Å². The first-order valence-electron chi connectivity index (χ1n) is 5.17. The lowest BCUT2D eigenvalue weighted by Crippen LogP contribution is -2.01. The summed E-state index contributed by atoms with van der Waals surface area (Å²) < 4.78 is 5.09. The first-order chi connectivity index (χ1) is 7.29. The van der Waals surface area contributed by atoms with Crippen LogP contribution in [0.15, 0.2) is 30.3 Å². The van der Waals surface area contributed by atoms with Crippen molar-refractivity contribution in [3.8, 4) is 5.75 Å². The molecule has 0 saturated carbocycles. The Morgan fingerprint density at radius 3 is 2.47 bits per heavy atom. The fourth-order valence-electron chi connectivity index (χ4n) is 1.82. The number of hydrogen-bond acceptors (Lipinski definition) is 2. The van der Waals surface area contributed by atoms with E-state index in [1.807, 2.05) is 24.3 Å². The van der Waals surface area contributed by atoms with Crippen molar-refractivity contribution in [1.29, 1.82) is 0 Å². The van der Waals surface area contributed by atoms with Crippen molar-refractivity contribution >= 4 is 11.4 Å². The van der Waals surface area contributed by atoms with Gasteiger partial charge in [0.2, 0.25) is 0 Å². The van der Waals surface area contributed by atoms with Crippen molar-refractivity contribution in [2.24, 2.45) is 0 Å². The normalized spacial score (nSPS) is 16.1. The predicted molar refractivity (Wildman–Crippen MR) is 59.8 cm³/mol. The molecule has 0 N–H and O–H groups in total. The van der Waals surface area contributed by atoms with E-state index < -0.39 is 0 Å². The van der Waals surface area contributed by atoms with Gasteiger partial charge >= 0.3 is 0 Å². The molecule has 0 heterocycles. The van der Waals surface area contributed by atoms with Gasteiger partial charge in [0.05, 0.1) is 7.11 Å². The number of methoxy groups -OCH3 is 1. The summed E-state index contributed by atoms with van der Waals surface area (Å²) in [5.41, 5.74) is 2.28. The summed E-state index contributed by atoms with van der Waals surface area (Å²) in [6.07, 6.45) is 4.43. The van der Waals surface area contributed by atoms with Crippen LogP contribution in [0.5, 0.6) is 5.75 Å². The van der Waals surface area contributed by atoms with E-state index in [4.69, 9.17) is 4.74 Å². The number of ketones is 1. The lowest BCUT2D eigenvalue weighted by Gasteiger charge is -2.12. The van der Waals surface area contributed by atoms with Crippen LogP contribution in [0.25, 0.3) is 5.57 Å². The molecule has 1 aromatic rings. The molecule has 0 amide bonds. The van der Waals surface area contributed by atoms with E-state index in [-0.39, 0.29) is 5.78 Å². The molecule has 15 heavy (non-hydrogen) atoms. The van der Waals surface area contributed by atoms with E-state index in [2.05, 4.69) is 0 Å². The second-order valence-corrected chi connectivity index (χ2v) is 3.72. The summed E-state index contributed by atoms with van der Waals surface area (Å²) in [5, 5.41) is 0. The summed E-state index contributed by atoms with van der Waals surface area (Å²) in [4.78, 5) is 11.3. The first-order valence-corrected chi connectivity index (χ1v) is 5.17. The van der Waals surface area contributed by atoms with E-state index in [9.17, 15) is 4.79 Å². The number of benzene rings is 1. The maximum Gasteiger partial charge on any atom is 0.155 e. The van der Waals surface area contributed by atoms with Gasteiger partial charge in [0.25, 0.3) is 0 Å². The minimum Gasteiger partial charge on any atom is -0.497 e. The second-order valence-electron chi connectivity index (χ2n) is 3.72. The third kappa shape index (κ3) is 2.27. The van der Waals surface area contributed by atoms with E-state index in [1.54, 1.807) is 13.2 Å². The minimum absolute atomic E-state index is 0.243. The molecule has 0 fully saturated rings. The highest BCUT2D eigenvalue weighted by molar-refractivity contribution is 5.98. The van der Waals surface area contributed by atoms with Crippen LogP contribution in [-0.2, 0) is 4.79 Å². The molecule has 1 aromatic carbocycles. The molecule has 0 aromatic heterocycles. The molecule has 2 nitrogen and oxygen atoms in total. The average Bonchev–Trinajstić information content (AvgIpc) is 2.29. The van der Waals surface area contributed by atoms with Gasteiger partial charge in [0.1, 0.15) is 5.75 Å². The molecule has 0 atom stereocenters. The van der Waals surface area contributed by atoms with Crippen LogP contribution < -0.4 is 4.74 Å². The van der Waals surface area contributed by atoms with Gasteiger partial charge in [-0.2, -0.15) is 0 Å². The molecular weight excluding hydrogens is 188 g/mol. The quantitative estimate of drug-likeness (QED) is 0.737. The topological polar surface area (TPSA) is 26.3 Å². The highest BCUT2D eigenvalue weighted by Crippen LogP contribution is 2.26. The van der Waals surface area contributed by atoms with E-state index in [0.29, 0.717) is 6.42 Å². The van der Waals surface area contributed by atoms with E-state index >= 15 is 0 Å². The molecule has 0 bridgehead atoms. The highest BCUT2D eigenvalue weighted by Gasteiger charge is 2.11. The number of allylic oxidation sites excluding steroid dienone is 2. The Labute approximate surface area is 89.6 Å². The Hall–Kier alpha value is -1.57. The van der Waals surface area contributed by atoms with E-state index in [0.717, 1.165) is 29.7 Å². The summed E-state index contributed by atoms with van der Waals surface area (Å²) in [5.74, 6) is 1.09. The number of carbonyl (C=O) groups excluding carboxylic acids is 1. The Morgan fingerprint density at radius 1 is 1.13 bits per heavy atom. The van der Waals surface area contributed by atoms with Crippen LogP contribution in [0.1, 0.15) is 24.8 Å². The molecule has 0 radical (unpaired) electrons. The molecule has 1 aliphatic carbocycles. The number of hydrogen-bond donors (Lipinski definition) is 0. The number of rotatable bonds is 2. The monoisotopic (exact) mass is 202 g/mol. The van der Waals surface area contributed by atoms with Crippen LogP contribution >= 0.6 is 0 Å². The third-order valence-electron chi connectivity index (χ3n) is 2.67. The lowest BCUT2D eigenvalue weighted by molar-refractivity contribution is -0.114. The molecular formula is C13H14O2. The van der Waals surface area contributed by atoms with Crippen LogP contribution in [-0.4, -0.2) is 12.9 Å². The largest absolute Gasteiger partial charge is 0.497 e. The Kier molecular flexibility index (Phi) is 2.86. The van der Waals surface area contributed by atoms with Gasteiger partial charge in [-0.3, -0.25) is 4.79 Å². The van der Waals surface area contributed by atoms with Gasteiger partial charge in [-0.25, -0.2) is 0 Å². The summed E-state index contributed by atoms with van der Waals surface area (Å²) >= 11 is 0. The number of carbonyl (C=O) groups is 1. The van der Waals surface area contributed by atoms with Gasteiger partial charge in [-0.05, 0) is 42.2 Å². The fraction of sp³-hybridized carbons (Fsp3) is 0.308. The Bertz CT molecular complexity index is 388. The Morgan fingerprint density at radius 2 is 1.87 bits per heavy atom. The second kappa shape index (κ2) is 4.30. The molecule has 0 aliphatic heterocycles. The molecule has 78 valence electrons. The summed E-state index contributed by atoms with van der Waals surface area (Å²) in [7, 11) is 1.65. The van der Waals surface area contributed by atoms with Gasteiger partial charge in [-0.15, -0.1) is 0 Å². The SMILES string of the molecule is COc1ccc(C2=CC(=O)CCC2)cc1. The van der Waals surface area contributed by atoms with Crippen molar-refractivity contribution in [1.82, 2.24) is 0 Å². The number of ether oxygens (including phenoxy) is 1. The first kappa shape index (κ1) is 9.97. The molecule has 2 heteroatoms. The van der Waals surface area contributed by atoms with E-state index in [1.165, 1.54) is 0 Å². The van der Waals surface area contributed by atoms with Gasteiger partial charge in [0, 0.05) is 6.42 Å². The maximum atomic E-state index is 11.3. The van der Waals surface area contributed by atoms with Crippen molar-refractivity contribution in [2.75, 3.05) is 7.11 Å². The molecule has 1 aliphatic rings. The van der Waals surface area contributed by atoms with Crippen LogP contribution in [0.2, 0.25) is 0 Å². The Balaban J connectivity index is 2.25. The zero-order valence-electron chi connectivity index (χ0n) is 8.82. The smallest absolute Gasteiger partial charge is 0.155 e. The van der Waals surface area contributed by atoms with Crippen molar-refractivity contribution in [3.05, 3.63) is 35.9 Å². The lowest BCUT2D eigenvalue weighted by atomic mass is 9.93. The summed E-state index contributed by atoms with van der Waals surface area (Å²) in [6, 6.07) is 7.86. The summed E-state index contributed by atoms with van der Waals surface area (Å²) in [6.45, 7) is 0. The van der Waals surface area contributed by atoms with Crippen molar-refractivity contribution in [2.45, 2.75) is 19.3 Å². The van der Waals surface area contributed by atoms with Gasteiger partial charge in [0.15, 0.2) is 5.78 Å². The highest BCUT2D eigenvalue weighted by atomic mass is 16.5. The van der Waals surface area contributed by atoms with Gasteiger partial charge in [-0.1, -0.05) is 12.1 Å². The molecule has 0 unspecified atom stereocenters.